The van der Waals surface area contributed by atoms with Crippen LogP contribution in [0.1, 0.15) is 45.3 Å². The van der Waals surface area contributed by atoms with E-state index in [1.165, 1.54) is 11.1 Å². The van der Waals surface area contributed by atoms with E-state index in [0.717, 1.165) is 12.8 Å². The fourth-order valence-electron chi connectivity index (χ4n) is 2.11. The molecule has 21 heavy (non-hydrogen) atoms. The van der Waals surface area contributed by atoms with Crippen molar-refractivity contribution < 1.29 is 51.3 Å². The molecule has 1 unspecified atom stereocenters. The molecule has 0 amide bonds. The molecule has 0 saturated heterocycles. The van der Waals surface area contributed by atoms with E-state index in [1.54, 1.807) is 0 Å². The molecule has 1 aromatic rings. The van der Waals surface area contributed by atoms with E-state index in [2.05, 4.69) is 63.3 Å². The summed E-state index contributed by atoms with van der Waals surface area (Å²) in [5.41, 5.74) is 2.36. The number of ether oxygens (including phenoxy) is 1. The molecule has 4 heteroatoms. The number of hydrogen-bond acceptors (Lipinski definition) is 1. The average molecular weight is 360 g/mol. The van der Waals surface area contributed by atoms with Crippen molar-refractivity contribution in [3.8, 4) is 0 Å². The maximum Gasteiger partial charge on any atom is 3.00 e. The quantitative estimate of drug-likeness (QED) is 0.476. The standard InChI is InChI=1S/C17H21O.2ClH.Ti/c1-17(2,3)18-16(13-14-9-7-8-10-14)15-11-5-4-6-12-15;;;/h4-7,9,11-12,16H,8,13H2,1-3H3;2*1H;/q-1;;;+3/p-2. The molecule has 0 spiro atoms. The Morgan fingerprint density at radius 1 is 1.14 bits per heavy atom. The number of allylic oxidation sites excluding steroid dienone is 3. The van der Waals surface area contributed by atoms with Crippen molar-refractivity contribution >= 4 is 0 Å². The maximum absolute atomic E-state index is 6.19. The third kappa shape index (κ3) is 8.23. The van der Waals surface area contributed by atoms with Gasteiger partial charge in [0.15, 0.2) is 0 Å². The summed E-state index contributed by atoms with van der Waals surface area (Å²) >= 11 is 0. The van der Waals surface area contributed by atoms with Gasteiger partial charge in [-0.15, -0.1) is 6.42 Å². The zero-order chi connectivity index (χ0) is 13.0. The Bertz CT molecular complexity index is 450. The van der Waals surface area contributed by atoms with Crippen molar-refractivity contribution in [3.05, 3.63) is 59.7 Å². The molecule has 0 bridgehead atoms. The van der Waals surface area contributed by atoms with Crippen LogP contribution >= 0.6 is 0 Å². The smallest absolute Gasteiger partial charge is 1.00 e. The Hall–Kier alpha value is -0.0457. The molecule has 0 heterocycles. The fourth-order valence-corrected chi connectivity index (χ4v) is 2.11. The first-order valence-corrected chi connectivity index (χ1v) is 6.53. The van der Waals surface area contributed by atoms with E-state index in [4.69, 9.17) is 4.74 Å². The fraction of sp³-hybridized carbons (Fsp3) is 0.412. The SMILES string of the molecule is CC(C)(C)OC(CC1=[C-]CC=C1)c1ccccc1.[Cl-].[Cl-].[Ti+3]. The summed E-state index contributed by atoms with van der Waals surface area (Å²) in [7, 11) is 0. The molecule has 1 radical (unpaired) electrons. The van der Waals surface area contributed by atoms with Crippen molar-refractivity contribution in [1.82, 2.24) is 0 Å². The monoisotopic (exact) mass is 359 g/mol. The van der Waals surface area contributed by atoms with E-state index in [0.29, 0.717) is 0 Å². The van der Waals surface area contributed by atoms with Gasteiger partial charge in [-0.05, 0) is 32.8 Å². The molecule has 1 aromatic carbocycles. The molecule has 1 atom stereocenters. The Morgan fingerprint density at radius 3 is 2.24 bits per heavy atom. The van der Waals surface area contributed by atoms with Gasteiger partial charge < -0.3 is 29.6 Å². The largest absolute Gasteiger partial charge is 3.00 e. The van der Waals surface area contributed by atoms with Crippen LogP contribution in [0.3, 0.4) is 0 Å². The number of halogens is 2. The van der Waals surface area contributed by atoms with Gasteiger partial charge in [0.1, 0.15) is 0 Å². The molecular weight excluding hydrogens is 339 g/mol. The molecule has 0 N–H and O–H groups in total. The Morgan fingerprint density at radius 2 is 1.76 bits per heavy atom. The van der Waals surface area contributed by atoms with Gasteiger partial charge in [-0.25, -0.2) is 11.6 Å². The molecule has 1 aliphatic rings. The summed E-state index contributed by atoms with van der Waals surface area (Å²) < 4.78 is 6.19. The predicted molar refractivity (Wildman–Crippen MR) is 75.2 cm³/mol. The minimum absolute atomic E-state index is 0. The molecule has 0 fully saturated rings. The molecular formula is C17H21Cl2OTi. The second-order valence-corrected chi connectivity index (χ2v) is 5.64. The molecule has 113 valence electrons. The van der Waals surface area contributed by atoms with Crippen molar-refractivity contribution in [2.45, 2.75) is 45.3 Å². The second-order valence-electron chi connectivity index (χ2n) is 5.64. The summed E-state index contributed by atoms with van der Waals surface area (Å²) in [6.07, 6.45) is 9.62. The molecule has 0 aromatic heterocycles. The van der Waals surface area contributed by atoms with Crippen LogP contribution in [0.5, 0.6) is 0 Å². The molecule has 0 aliphatic heterocycles. The summed E-state index contributed by atoms with van der Waals surface area (Å²) in [5.74, 6) is 0. The Balaban J connectivity index is 0. The van der Waals surface area contributed by atoms with Crippen LogP contribution in [-0.2, 0) is 26.5 Å². The Kier molecular flexibility index (Phi) is 11.8. The first-order valence-electron chi connectivity index (χ1n) is 6.53. The number of hydrogen-bond donors (Lipinski definition) is 0. The van der Waals surface area contributed by atoms with Crippen LogP contribution in [0.2, 0.25) is 0 Å². The Labute approximate surface area is 155 Å². The van der Waals surface area contributed by atoms with E-state index >= 15 is 0 Å². The van der Waals surface area contributed by atoms with Crippen molar-refractivity contribution in [2.24, 2.45) is 0 Å². The van der Waals surface area contributed by atoms with Crippen LogP contribution in [0, 0.1) is 6.08 Å². The normalized spacial score (nSPS) is 14.3. The average Bonchev–Trinajstić information content (AvgIpc) is 2.80. The minimum Gasteiger partial charge on any atom is -1.00 e. The first kappa shape index (κ1) is 23.2. The number of rotatable bonds is 4. The molecule has 1 aliphatic carbocycles. The van der Waals surface area contributed by atoms with Crippen molar-refractivity contribution in [3.63, 3.8) is 0 Å². The molecule has 0 saturated carbocycles. The summed E-state index contributed by atoms with van der Waals surface area (Å²) in [6.45, 7) is 6.31. The zero-order valence-electron chi connectivity index (χ0n) is 12.7. The van der Waals surface area contributed by atoms with Crippen molar-refractivity contribution in [1.29, 1.82) is 0 Å². The van der Waals surface area contributed by atoms with Crippen LogP contribution in [-0.4, -0.2) is 5.60 Å². The molecule has 2 rings (SSSR count). The van der Waals surface area contributed by atoms with Crippen LogP contribution in [0.25, 0.3) is 0 Å². The predicted octanol–water partition coefficient (Wildman–Crippen LogP) is -1.37. The van der Waals surface area contributed by atoms with Crippen LogP contribution < -0.4 is 24.8 Å². The van der Waals surface area contributed by atoms with E-state index in [9.17, 15) is 0 Å². The van der Waals surface area contributed by atoms with Gasteiger partial charge in [0.05, 0.1) is 11.7 Å². The topological polar surface area (TPSA) is 9.23 Å². The van der Waals surface area contributed by atoms with E-state index in [-0.39, 0.29) is 58.2 Å². The second kappa shape index (κ2) is 10.6. The summed E-state index contributed by atoms with van der Waals surface area (Å²) in [5, 5.41) is 0. The zero-order valence-corrected chi connectivity index (χ0v) is 15.8. The van der Waals surface area contributed by atoms with Gasteiger partial charge >= 0.3 is 21.7 Å². The van der Waals surface area contributed by atoms with Crippen LogP contribution in [0.15, 0.2) is 48.1 Å². The summed E-state index contributed by atoms with van der Waals surface area (Å²) in [6, 6.07) is 10.4. The number of benzene rings is 1. The van der Waals surface area contributed by atoms with Gasteiger partial charge in [-0.3, -0.25) is 6.08 Å². The van der Waals surface area contributed by atoms with Gasteiger partial charge in [0.2, 0.25) is 0 Å². The molecule has 1 nitrogen and oxygen atoms in total. The summed E-state index contributed by atoms with van der Waals surface area (Å²) in [4.78, 5) is 0. The van der Waals surface area contributed by atoms with E-state index < -0.39 is 0 Å². The first-order chi connectivity index (χ1) is 8.54. The van der Waals surface area contributed by atoms with Gasteiger partial charge in [-0.1, -0.05) is 30.3 Å². The maximum atomic E-state index is 6.19. The third-order valence-electron chi connectivity index (χ3n) is 2.84. The minimum atomic E-state index is -0.136. The van der Waals surface area contributed by atoms with Crippen molar-refractivity contribution in [2.75, 3.05) is 0 Å². The van der Waals surface area contributed by atoms with Gasteiger partial charge in [0, 0.05) is 0 Å². The van der Waals surface area contributed by atoms with E-state index in [1.807, 2.05) is 6.07 Å². The van der Waals surface area contributed by atoms with Gasteiger partial charge in [0.25, 0.3) is 0 Å². The van der Waals surface area contributed by atoms with Gasteiger partial charge in [-0.2, -0.15) is 6.08 Å². The van der Waals surface area contributed by atoms with Crippen LogP contribution in [0.4, 0.5) is 0 Å². The third-order valence-corrected chi connectivity index (χ3v) is 2.84.